The summed E-state index contributed by atoms with van der Waals surface area (Å²) in [6.07, 6.45) is 0.883. The summed E-state index contributed by atoms with van der Waals surface area (Å²) in [6, 6.07) is 13.7. The van der Waals surface area contributed by atoms with Gasteiger partial charge in [-0.25, -0.2) is 0 Å². The number of anilines is 1. The summed E-state index contributed by atoms with van der Waals surface area (Å²) in [5, 5.41) is 0. The van der Waals surface area contributed by atoms with Crippen molar-refractivity contribution in [1.82, 2.24) is 0 Å². The molecule has 2 aromatic carbocycles. The number of carbonyl (C=O) groups excluding carboxylic acids is 2. The smallest absolute Gasteiger partial charge is 0.237 e. The van der Waals surface area contributed by atoms with Crippen LogP contribution in [-0.4, -0.2) is 11.8 Å². The van der Waals surface area contributed by atoms with Gasteiger partial charge in [0.1, 0.15) is 0 Å². The molecular formula is C19H18BrNO2. The lowest BCUT2D eigenvalue weighted by Crippen LogP contribution is -2.30. The average Bonchev–Trinajstić information content (AvgIpc) is 2.77. The quantitative estimate of drug-likeness (QED) is 0.758. The second-order valence-corrected chi connectivity index (χ2v) is 6.95. The minimum Gasteiger partial charge on any atom is -0.274 e. The number of carbonyl (C=O) groups is 2. The molecule has 4 heteroatoms. The Morgan fingerprint density at radius 3 is 2.61 bits per heavy atom. The Balaban J connectivity index is 1.83. The summed E-state index contributed by atoms with van der Waals surface area (Å²) < 4.78 is 0.901. The Hall–Kier alpha value is -1.94. The van der Waals surface area contributed by atoms with Gasteiger partial charge in [0, 0.05) is 10.9 Å². The Bertz CT molecular complexity index is 785. The summed E-state index contributed by atoms with van der Waals surface area (Å²) in [5.41, 5.74) is 3.98. The van der Waals surface area contributed by atoms with E-state index in [0.717, 1.165) is 15.6 Å². The van der Waals surface area contributed by atoms with Gasteiger partial charge in [0.25, 0.3) is 0 Å². The average molecular weight is 372 g/mol. The number of halogens is 1. The van der Waals surface area contributed by atoms with E-state index in [-0.39, 0.29) is 24.2 Å². The van der Waals surface area contributed by atoms with Crippen molar-refractivity contribution in [3.8, 4) is 0 Å². The maximum Gasteiger partial charge on any atom is 0.237 e. The van der Waals surface area contributed by atoms with Crippen molar-refractivity contribution in [3.05, 3.63) is 63.6 Å². The third-order valence-electron chi connectivity index (χ3n) is 4.22. The predicted octanol–water partition coefficient (Wildman–Crippen LogP) is 4.19. The predicted molar refractivity (Wildman–Crippen MR) is 94.4 cm³/mol. The molecule has 23 heavy (non-hydrogen) atoms. The zero-order valence-corrected chi connectivity index (χ0v) is 14.8. The number of aryl methyl sites for hydroxylation is 2. The van der Waals surface area contributed by atoms with Crippen molar-refractivity contribution >= 4 is 33.4 Å². The molecule has 0 aliphatic carbocycles. The van der Waals surface area contributed by atoms with Crippen molar-refractivity contribution in [2.24, 2.45) is 5.92 Å². The van der Waals surface area contributed by atoms with Gasteiger partial charge in [-0.05, 0) is 43.5 Å². The van der Waals surface area contributed by atoms with Gasteiger partial charge in [-0.3, -0.25) is 14.5 Å². The van der Waals surface area contributed by atoms with E-state index in [0.29, 0.717) is 12.1 Å². The number of amides is 2. The minimum atomic E-state index is -0.274. The van der Waals surface area contributed by atoms with Crippen LogP contribution in [0.25, 0.3) is 0 Å². The Kier molecular flexibility index (Phi) is 4.35. The number of hydrogen-bond acceptors (Lipinski definition) is 2. The van der Waals surface area contributed by atoms with Crippen LogP contribution < -0.4 is 4.90 Å². The first kappa shape index (κ1) is 15.9. The van der Waals surface area contributed by atoms with Crippen LogP contribution in [0, 0.1) is 19.8 Å². The molecule has 3 nitrogen and oxygen atoms in total. The molecule has 1 atom stereocenters. The number of imide groups is 1. The molecule has 0 radical (unpaired) electrons. The molecule has 1 heterocycles. The van der Waals surface area contributed by atoms with E-state index in [2.05, 4.69) is 22.0 Å². The van der Waals surface area contributed by atoms with Crippen LogP contribution in [-0.2, 0) is 16.0 Å². The fourth-order valence-electron chi connectivity index (χ4n) is 2.97. The lowest BCUT2D eigenvalue weighted by Gasteiger charge is -2.16. The molecule has 2 amide bonds. The molecule has 0 bridgehead atoms. The number of nitrogens with zero attached hydrogens (tertiary/aromatic N) is 1. The van der Waals surface area contributed by atoms with Crippen molar-refractivity contribution in [3.63, 3.8) is 0 Å². The molecule has 1 fully saturated rings. The topological polar surface area (TPSA) is 37.4 Å². The van der Waals surface area contributed by atoms with Gasteiger partial charge in [-0.1, -0.05) is 51.8 Å². The fourth-order valence-corrected chi connectivity index (χ4v) is 3.34. The van der Waals surface area contributed by atoms with Crippen molar-refractivity contribution in [2.75, 3.05) is 4.90 Å². The Morgan fingerprint density at radius 1 is 1.13 bits per heavy atom. The van der Waals surface area contributed by atoms with Gasteiger partial charge < -0.3 is 0 Å². The van der Waals surface area contributed by atoms with Crippen LogP contribution in [0.15, 0.2) is 46.9 Å². The molecule has 0 N–H and O–H groups in total. The molecule has 0 unspecified atom stereocenters. The molecule has 2 aromatic rings. The molecule has 118 valence electrons. The highest BCUT2D eigenvalue weighted by atomic mass is 79.9. The molecule has 1 aliphatic rings. The van der Waals surface area contributed by atoms with E-state index in [1.165, 1.54) is 10.5 Å². The fraction of sp³-hybridized carbons (Fsp3) is 0.263. The minimum absolute atomic E-state index is 0.104. The summed E-state index contributed by atoms with van der Waals surface area (Å²) in [7, 11) is 0. The highest BCUT2D eigenvalue weighted by Gasteiger charge is 2.39. The summed E-state index contributed by atoms with van der Waals surface area (Å²) in [4.78, 5) is 26.4. The standard InChI is InChI=1S/C19H18BrNO2/c1-12-4-3-5-14(8-12)9-15-10-18(22)21(19(15)23)16-7-6-13(2)17(20)11-16/h3-8,11,15H,9-10H2,1-2H3/t15-/m0/s1. The third-order valence-corrected chi connectivity index (χ3v) is 5.07. The maximum absolute atomic E-state index is 12.7. The van der Waals surface area contributed by atoms with Crippen molar-refractivity contribution in [1.29, 1.82) is 0 Å². The van der Waals surface area contributed by atoms with Crippen LogP contribution in [0.5, 0.6) is 0 Å². The number of hydrogen-bond donors (Lipinski definition) is 0. The van der Waals surface area contributed by atoms with E-state index in [1.807, 2.05) is 50.2 Å². The summed E-state index contributed by atoms with van der Waals surface area (Å²) >= 11 is 3.46. The highest BCUT2D eigenvalue weighted by Crippen LogP contribution is 2.31. The van der Waals surface area contributed by atoms with Crippen LogP contribution in [0.2, 0.25) is 0 Å². The van der Waals surface area contributed by atoms with Gasteiger partial charge in [-0.15, -0.1) is 0 Å². The Labute approximate surface area is 144 Å². The number of rotatable bonds is 3. The molecule has 0 aromatic heterocycles. The second kappa shape index (κ2) is 6.28. The van der Waals surface area contributed by atoms with Gasteiger partial charge in [0.2, 0.25) is 11.8 Å². The lowest BCUT2D eigenvalue weighted by molar-refractivity contribution is -0.122. The van der Waals surface area contributed by atoms with E-state index in [4.69, 9.17) is 0 Å². The second-order valence-electron chi connectivity index (χ2n) is 6.10. The van der Waals surface area contributed by atoms with Crippen LogP contribution >= 0.6 is 15.9 Å². The van der Waals surface area contributed by atoms with Gasteiger partial charge >= 0.3 is 0 Å². The van der Waals surface area contributed by atoms with E-state index < -0.39 is 0 Å². The van der Waals surface area contributed by atoms with Crippen LogP contribution in [0.3, 0.4) is 0 Å². The van der Waals surface area contributed by atoms with Crippen LogP contribution in [0.1, 0.15) is 23.1 Å². The first-order chi connectivity index (χ1) is 11.0. The third kappa shape index (κ3) is 3.22. The van der Waals surface area contributed by atoms with E-state index >= 15 is 0 Å². The first-order valence-electron chi connectivity index (χ1n) is 7.64. The van der Waals surface area contributed by atoms with Crippen molar-refractivity contribution in [2.45, 2.75) is 26.7 Å². The molecule has 0 spiro atoms. The zero-order chi connectivity index (χ0) is 16.6. The Morgan fingerprint density at radius 2 is 1.91 bits per heavy atom. The van der Waals surface area contributed by atoms with Gasteiger partial charge in [0.05, 0.1) is 11.6 Å². The summed E-state index contributed by atoms with van der Waals surface area (Å²) in [5.74, 6) is -0.500. The van der Waals surface area contributed by atoms with Gasteiger partial charge in [-0.2, -0.15) is 0 Å². The largest absolute Gasteiger partial charge is 0.274 e. The number of benzene rings is 2. The van der Waals surface area contributed by atoms with E-state index in [9.17, 15) is 9.59 Å². The van der Waals surface area contributed by atoms with Gasteiger partial charge in [0.15, 0.2) is 0 Å². The SMILES string of the molecule is Cc1cccc(C[C@H]2CC(=O)N(c3ccc(C)c(Br)c3)C2=O)c1. The molecule has 1 aliphatic heterocycles. The molecule has 0 saturated carbocycles. The first-order valence-corrected chi connectivity index (χ1v) is 8.43. The lowest BCUT2D eigenvalue weighted by atomic mass is 9.97. The molecular weight excluding hydrogens is 354 g/mol. The normalized spacial score (nSPS) is 17.9. The van der Waals surface area contributed by atoms with Crippen LogP contribution in [0.4, 0.5) is 5.69 Å². The molecule has 3 rings (SSSR count). The summed E-state index contributed by atoms with van der Waals surface area (Å²) in [6.45, 7) is 4.00. The maximum atomic E-state index is 12.7. The highest BCUT2D eigenvalue weighted by molar-refractivity contribution is 9.10. The molecule has 1 saturated heterocycles. The monoisotopic (exact) mass is 371 g/mol. The zero-order valence-electron chi connectivity index (χ0n) is 13.2. The van der Waals surface area contributed by atoms with Crippen molar-refractivity contribution < 1.29 is 9.59 Å². The van der Waals surface area contributed by atoms with E-state index in [1.54, 1.807) is 0 Å².